The van der Waals surface area contributed by atoms with E-state index in [0.29, 0.717) is 17.8 Å². The normalized spacial score (nSPS) is 10.1. The van der Waals surface area contributed by atoms with Crippen LogP contribution < -0.4 is 5.73 Å². The van der Waals surface area contributed by atoms with Crippen molar-refractivity contribution in [2.75, 3.05) is 32.9 Å². The SMILES string of the molecule is CCN(CC(=O)N(C)C)C(=O)c1ccc(C)c(N)c1. The zero-order valence-corrected chi connectivity index (χ0v) is 11.9. The number of nitrogen functional groups attached to an aromatic ring is 1. The van der Waals surface area contributed by atoms with E-state index in [1.807, 2.05) is 19.9 Å². The molecule has 0 aliphatic carbocycles. The maximum Gasteiger partial charge on any atom is 0.254 e. The van der Waals surface area contributed by atoms with E-state index in [4.69, 9.17) is 5.73 Å². The fourth-order valence-electron chi connectivity index (χ4n) is 1.59. The van der Waals surface area contributed by atoms with Gasteiger partial charge in [0.1, 0.15) is 0 Å². The number of carbonyl (C=O) groups excluding carboxylic acids is 2. The Hall–Kier alpha value is -2.04. The molecule has 0 aromatic heterocycles. The number of hydrogen-bond donors (Lipinski definition) is 1. The van der Waals surface area contributed by atoms with Gasteiger partial charge < -0.3 is 15.5 Å². The summed E-state index contributed by atoms with van der Waals surface area (Å²) >= 11 is 0. The van der Waals surface area contributed by atoms with E-state index in [0.717, 1.165) is 5.56 Å². The summed E-state index contributed by atoms with van der Waals surface area (Å²) in [5.74, 6) is -0.278. The molecule has 2 N–H and O–H groups in total. The highest BCUT2D eigenvalue weighted by Gasteiger charge is 2.18. The second-order valence-electron chi connectivity index (χ2n) is 4.68. The van der Waals surface area contributed by atoms with Gasteiger partial charge in [-0.25, -0.2) is 0 Å². The molecule has 0 bridgehead atoms. The molecular formula is C14H21N3O2. The van der Waals surface area contributed by atoms with Crippen LogP contribution in [0.5, 0.6) is 0 Å². The molecule has 104 valence electrons. The van der Waals surface area contributed by atoms with Gasteiger partial charge in [-0.2, -0.15) is 0 Å². The molecule has 5 heteroatoms. The topological polar surface area (TPSA) is 66.6 Å². The van der Waals surface area contributed by atoms with E-state index < -0.39 is 0 Å². The Bertz CT molecular complexity index is 484. The van der Waals surface area contributed by atoms with Crippen molar-refractivity contribution in [3.8, 4) is 0 Å². The molecule has 19 heavy (non-hydrogen) atoms. The average molecular weight is 263 g/mol. The Balaban J connectivity index is 2.89. The highest BCUT2D eigenvalue weighted by atomic mass is 16.2. The highest BCUT2D eigenvalue weighted by Crippen LogP contribution is 2.14. The number of aryl methyl sites for hydroxylation is 1. The van der Waals surface area contributed by atoms with Crippen molar-refractivity contribution in [2.45, 2.75) is 13.8 Å². The minimum atomic E-state index is -0.176. The lowest BCUT2D eigenvalue weighted by Crippen LogP contribution is -2.40. The summed E-state index contributed by atoms with van der Waals surface area (Å²) in [6, 6.07) is 5.20. The molecule has 0 aliphatic heterocycles. The number of nitrogens with zero attached hydrogens (tertiary/aromatic N) is 2. The van der Waals surface area contributed by atoms with Gasteiger partial charge in [0.25, 0.3) is 5.91 Å². The number of carbonyl (C=O) groups is 2. The first-order valence-corrected chi connectivity index (χ1v) is 6.22. The molecule has 0 atom stereocenters. The third-order valence-corrected chi connectivity index (χ3v) is 3.02. The zero-order valence-electron chi connectivity index (χ0n) is 11.9. The number of benzene rings is 1. The second kappa shape index (κ2) is 6.22. The highest BCUT2D eigenvalue weighted by molar-refractivity contribution is 5.97. The van der Waals surface area contributed by atoms with Crippen LogP contribution in [0.4, 0.5) is 5.69 Å². The Morgan fingerprint density at radius 3 is 2.37 bits per heavy atom. The van der Waals surface area contributed by atoms with Gasteiger partial charge >= 0.3 is 0 Å². The van der Waals surface area contributed by atoms with E-state index in [1.54, 1.807) is 26.2 Å². The fraction of sp³-hybridized carbons (Fsp3) is 0.429. The number of likely N-dealkylation sites (N-methyl/N-ethyl adjacent to an activating group) is 2. The van der Waals surface area contributed by atoms with Crippen molar-refractivity contribution in [1.82, 2.24) is 9.80 Å². The van der Waals surface area contributed by atoms with E-state index in [2.05, 4.69) is 0 Å². The Kier molecular flexibility index (Phi) is 4.92. The van der Waals surface area contributed by atoms with Gasteiger partial charge in [0, 0.05) is 31.9 Å². The third kappa shape index (κ3) is 3.71. The maximum atomic E-state index is 12.3. The summed E-state index contributed by atoms with van der Waals surface area (Å²) in [5, 5.41) is 0. The summed E-state index contributed by atoms with van der Waals surface area (Å²) in [6.07, 6.45) is 0. The molecule has 0 spiro atoms. The summed E-state index contributed by atoms with van der Waals surface area (Å²) in [7, 11) is 3.34. The van der Waals surface area contributed by atoms with Crippen LogP contribution in [0.15, 0.2) is 18.2 Å². The Morgan fingerprint density at radius 2 is 1.89 bits per heavy atom. The van der Waals surface area contributed by atoms with Gasteiger partial charge in [-0.05, 0) is 31.5 Å². The Labute approximate surface area is 114 Å². The largest absolute Gasteiger partial charge is 0.398 e. The molecular weight excluding hydrogens is 242 g/mol. The lowest BCUT2D eigenvalue weighted by atomic mass is 10.1. The molecule has 1 aromatic carbocycles. The minimum Gasteiger partial charge on any atom is -0.398 e. The molecule has 5 nitrogen and oxygen atoms in total. The predicted octanol–water partition coefficient (Wildman–Crippen LogP) is 1.13. The summed E-state index contributed by atoms with van der Waals surface area (Å²) in [4.78, 5) is 27.0. The lowest BCUT2D eigenvalue weighted by Gasteiger charge is -2.22. The summed E-state index contributed by atoms with van der Waals surface area (Å²) in [6.45, 7) is 4.29. The number of anilines is 1. The van der Waals surface area contributed by atoms with Crippen LogP contribution in [-0.4, -0.2) is 48.8 Å². The van der Waals surface area contributed by atoms with Gasteiger partial charge in [-0.1, -0.05) is 6.07 Å². The van der Waals surface area contributed by atoms with Crippen molar-refractivity contribution in [1.29, 1.82) is 0 Å². The first-order valence-electron chi connectivity index (χ1n) is 6.22. The third-order valence-electron chi connectivity index (χ3n) is 3.02. The molecule has 2 amide bonds. The lowest BCUT2D eigenvalue weighted by molar-refractivity contribution is -0.129. The van der Waals surface area contributed by atoms with Crippen molar-refractivity contribution >= 4 is 17.5 Å². The van der Waals surface area contributed by atoms with Gasteiger partial charge in [-0.15, -0.1) is 0 Å². The Morgan fingerprint density at radius 1 is 1.26 bits per heavy atom. The van der Waals surface area contributed by atoms with E-state index in [9.17, 15) is 9.59 Å². The van der Waals surface area contributed by atoms with Crippen LogP contribution in [-0.2, 0) is 4.79 Å². The number of rotatable bonds is 4. The van der Waals surface area contributed by atoms with Crippen LogP contribution >= 0.6 is 0 Å². The van der Waals surface area contributed by atoms with Crippen LogP contribution in [0.2, 0.25) is 0 Å². The van der Waals surface area contributed by atoms with Crippen LogP contribution in [0.1, 0.15) is 22.8 Å². The molecule has 0 saturated heterocycles. The maximum absolute atomic E-state index is 12.3. The summed E-state index contributed by atoms with van der Waals surface area (Å²) in [5.41, 5.74) is 7.83. The van der Waals surface area contributed by atoms with Crippen LogP contribution in [0, 0.1) is 6.92 Å². The smallest absolute Gasteiger partial charge is 0.254 e. The molecule has 0 heterocycles. The molecule has 0 fully saturated rings. The second-order valence-corrected chi connectivity index (χ2v) is 4.68. The van der Waals surface area contributed by atoms with Gasteiger partial charge in [0.15, 0.2) is 0 Å². The quantitative estimate of drug-likeness (QED) is 0.828. The first kappa shape index (κ1) is 15.0. The molecule has 0 radical (unpaired) electrons. The standard InChI is InChI=1S/C14H21N3O2/c1-5-17(9-13(18)16(3)4)14(19)11-7-6-10(2)12(15)8-11/h6-8H,5,9,15H2,1-4H3. The number of hydrogen-bond acceptors (Lipinski definition) is 3. The molecule has 1 aromatic rings. The predicted molar refractivity (Wildman–Crippen MR) is 75.9 cm³/mol. The molecule has 1 rings (SSSR count). The number of amides is 2. The minimum absolute atomic E-state index is 0.0795. The molecule has 0 unspecified atom stereocenters. The van der Waals surface area contributed by atoms with Gasteiger partial charge in [0.05, 0.1) is 6.54 Å². The van der Waals surface area contributed by atoms with Crippen molar-refractivity contribution < 1.29 is 9.59 Å². The van der Waals surface area contributed by atoms with E-state index in [1.165, 1.54) is 9.80 Å². The average Bonchev–Trinajstić information content (AvgIpc) is 2.37. The fourth-order valence-corrected chi connectivity index (χ4v) is 1.59. The molecule has 0 aliphatic rings. The molecule has 0 saturated carbocycles. The van der Waals surface area contributed by atoms with Crippen molar-refractivity contribution in [3.63, 3.8) is 0 Å². The van der Waals surface area contributed by atoms with Crippen LogP contribution in [0.3, 0.4) is 0 Å². The van der Waals surface area contributed by atoms with Crippen molar-refractivity contribution in [2.24, 2.45) is 0 Å². The van der Waals surface area contributed by atoms with Crippen LogP contribution in [0.25, 0.3) is 0 Å². The van der Waals surface area contributed by atoms with Crippen molar-refractivity contribution in [3.05, 3.63) is 29.3 Å². The van der Waals surface area contributed by atoms with E-state index in [-0.39, 0.29) is 18.4 Å². The zero-order chi connectivity index (χ0) is 14.6. The van der Waals surface area contributed by atoms with Gasteiger partial charge in [-0.3, -0.25) is 9.59 Å². The van der Waals surface area contributed by atoms with Gasteiger partial charge in [0.2, 0.25) is 5.91 Å². The van der Waals surface area contributed by atoms with E-state index >= 15 is 0 Å². The first-order chi connectivity index (χ1) is 8.86. The summed E-state index contributed by atoms with van der Waals surface area (Å²) < 4.78 is 0. The number of nitrogens with two attached hydrogens (primary N) is 1. The monoisotopic (exact) mass is 263 g/mol.